The molecule has 0 bridgehead atoms. The van der Waals surface area contributed by atoms with Crippen molar-refractivity contribution in [2.24, 2.45) is 0 Å². The average molecular weight is 444 g/mol. The number of amides is 3. The van der Waals surface area contributed by atoms with Crippen LogP contribution >= 0.6 is 0 Å². The number of rotatable bonds is 7. The third-order valence-electron chi connectivity index (χ3n) is 5.69. The van der Waals surface area contributed by atoms with Crippen molar-refractivity contribution in [3.05, 3.63) is 78.0 Å². The zero-order valence-corrected chi connectivity index (χ0v) is 18.0. The van der Waals surface area contributed by atoms with E-state index in [-0.39, 0.29) is 13.1 Å². The zero-order chi connectivity index (χ0) is 23.2. The highest BCUT2D eigenvalue weighted by atomic mass is 16.2. The SMILES string of the molecule is O=C(NCc1ccccc1)C(=O)C1CCCN1C(=O)CNC(=O)c1ccnc2ccccc12. The van der Waals surface area contributed by atoms with Gasteiger partial charge in [-0.15, -0.1) is 0 Å². The molecule has 1 saturated heterocycles. The van der Waals surface area contributed by atoms with Gasteiger partial charge in [0, 0.05) is 24.7 Å². The molecule has 1 aliphatic heterocycles. The molecule has 1 fully saturated rings. The highest BCUT2D eigenvalue weighted by molar-refractivity contribution is 6.38. The van der Waals surface area contributed by atoms with E-state index in [1.807, 2.05) is 42.5 Å². The topological polar surface area (TPSA) is 108 Å². The number of nitrogens with zero attached hydrogens (tertiary/aromatic N) is 2. The summed E-state index contributed by atoms with van der Waals surface area (Å²) < 4.78 is 0. The summed E-state index contributed by atoms with van der Waals surface area (Å²) in [5, 5.41) is 5.94. The van der Waals surface area contributed by atoms with Crippen LogP contribution in [-0.2, 0) is 20.9 Å². The Morgan fingerprint density at radius 3 is 2.52 bits per heavy atom. The standard InChI is InChI=1S/C25H24N4O4/c30-22(16-28-24(32)19-12-13-26-20-10-5-4-9-18(19)20)29-14-6-11-21(29)23(31)25(33)27-15-17-7-2-1-3-8-17/h1-5,7-10,12-13,21H,6,11,14-16H2,(H,27,33)(H,28,32). The number of Topliss-reactive ketones (excluding diaryl/α,β-unsaturated/α-hetero) is 1. The van der Waals surface area contributed by atoms with Gasteiger partial charge >= 0.3 is 0 Å². The molecule has 3 aromatic rings. The van der Waals surface area contributed by atoms with E-state index in [0.717, 1.165) is 5.56 Å². The molecule has 0 radical (unpaired) electrons. The Hall–Kier alpha value is -4.07. The largest absolute Gasteiger partial charge is 0.345 e. The van der Waals surface area contributed by atoms with Gasteiger partial charge in [-0.1, -0.05) is 48.5 Å². The van der Waals surface area contributed by atoms with E-state index in [2.05, 4.69) is 15.6 Å². The number of benzene rings is 2. The Morgan fingerprint density at radius 1 is 0.939 bits per heavy atom. The zero-order valence-electron chi connectivity index (χ0n) is 18.0. The smallest absolute Gasteiger partial charge is 0.289 e. The summed E-state index contributed by atoms with van der Waals surface area (Å²) in [7, 11) is 0. The number of fused-ring (bicyclic) bond motifs is 1. The Morgan fingerprint density at radius 2 is 1.70 bits per heavy atom. The lowest BCUT2D eigenvalue weighted by atomic mass is 10.1. The predicted molar refractivity (Wildman–Crippen MR) is 122 cm³/mol. The van der Waals surface area contributed by atoms with Crippen LogP contribution < -0.4 is 10.6 Å². The van der Waals surface area contributed by atoms with Gasteiger partial charge in [0.05, 0.1) is 17.6 Å². The fourth-order valence-electron chi connectivity index (χ4n) is 4.00. The van der Waals surface area contributed by atoms with E-state index in [1.54, 1.807) is 24.4 Å². The fourth-order valence-corrected chi connectivity index (χ4v) is 4.00. The summed E-state index contributed by atoms with van der Waals surface area (Å²) in [4.78, 5) is 56.1. The van der Waals surface area contributed by atoms with E-state index in [4.69, 9.17) is 0 Å². The molecule has 1 unspecified atom stereocenters. The maximum Gasteiger partial charge on any atom is 0.289 e. The summed E-state index contributed by atoms with van der Waals surface area (Å²) in [5.74, 6) is -2.14. The highest BCUT2D eigenvalue weighted by Gasteiger charge is 2.37. The molecule has 8 heteroatoms. The van der Waals surface area contributed by atoms with Gasteiger partial charge < -0.3 is 15.5 Å². The second-order valence-electron chi connectivity index (χ2n) is 7.84. The monoisotopic (exact) mass is 444 g/mol. The predicted octanol–water partition coefficient (Wildman–Crippen LogP) is 1.84. The number of ketones is 1. The molecular formula is C25H24N4O4. The van der Waals surface area contributed by atoms with Crippen LogP contribution in [0.25, 0.3) is 10.9 Å². The number of carbonyl (C=O) groups excluding carboxylic acids is 4. The molecule has 1 aromatic heterocycles. The molecule has 33 heavy (non-hydrogen) atoms. The van der Waals surface area contributed by atoms with Gasteiger partial charge in [0.2, 0.25) is 11.7 Å². The molecule has 1 aliphatic rings. The number of pyridine rings is 1. The van der Waals surface area contributed by atoms with Gasteiger partial charge in [0.15, 0.2) is 0 Å². The van der Waals surface area contributed by atoms with Gasteiger partial charge in [-0.25, -0.2) is 0 Å². The number of nitrogens with one attached hydrogen (secondary N) is 2. The molecule has 8 nitrogen and oxygen atoms in total. The van der Waals surface area contributed by atoms with Crippen molar-refractivity contribution in [3.63, 3.8) is 0 Å². The number of hydrogen-bond donors (Lipinski definition) is 2. The summed E-state index contributed by atoms with van der Waals surface area (Å²) in [6.07, 6.45) is 2.59. The van der Waals surface area contributed by atoms with Crippen LogP contribution in [-0.4, -0.2) is 52.5 Å². The van der Waals surface area contributed by atoms with Gasteiger partial charge in [0.25, 0.3) is 11.8 Å². The molecule has 4 rings (SSSR count). The first-order valence-electron chi connectivity index (χ1n) is 10.8. The maximum atomic E-state index is 12.8. The summed E-state index contributed by atoms with van der Waals surface area (Å²) in [5.41, 5.74) is 1.98. The molecule has 2 N–H and O–H groups in total. The number of para-hydroxylation sites is 1. The van der Waals surface area contributed by atoms with E-state index >= 15 is 0 Å². The van der Waals surface area contributed by atoms with E-state index in [0.29, 0.717) is 35.9 Å². The fraction of sp³-hybridized carbons (Fsp3) is 0.240. The van der Waals surface area contributed by atoms with Crippen molar-refractivity contribution in [2.45, 2.75) is 25.4 Å². The molecule has 0 aliphatic carbocycles. The molecule has 2 aromatic carbocycles. The molecular weight excluding hydrogens is 420 g/mol. The molecule has 0 spiro atoms. The number of aromatic nitrogens is 1. The third kappa shape index (κ3) is 5.06. The van der Waals surface area contributed by atoms with Gasteiger partial charge in [0.1, 0.15) is 6.04 Å². The Balaban J connectivity index is 1.35. The van der Waals surface area contributed by atoms with E-state index < -0.39 is 29.5 Å². The number of carbonyl (C=O) groups is 4. The van der Waals surface area contributed by atoms with Crippen molar-refractivity contribution in [1.82, 2.24) is 20.5 Å². The first-order valence-corrected chi connectivity index (χ1v) is 10.8. The van der Waals surface area contributed by atoms with Gasteiger partial charge in [-0.3, -0.25) is 24.2 Å². The Labute approximate surface area is 191 Å². The van der Waals surface area contributed by atoms with Crippen LogP contribution in [0.1, 0.15) is 28.8 Å². The van der Waals surface area contributed by atoms with Crippen molar-refractivity contribution in [1.29, 1.82) is 0 Å². The normalized spacial score (nSPS) is 15.3. The number of hydrogen-bond acceptors (Lipinski definition) is 5. The summed E-state index contributed by atoms with van der Waals surface area (Å²) in [6, 6.07) is 17.3. The second kappa shape index (κ2) is 10.0. The first kappa shape index (κ1) is 22.1. The van der Waals surface area contributed by atoms with E-state index in [1.165, 1.54) is 4.90 Å². The third-order valence-corrected chi connectivity index (χ3v) is 5.69. The van der Waals surface area contributed by atoms with Crippen LogP contribution in [0, 0.1) is 0 Å². The molecule has 2 heterocycles. The minimum absolute atomic E-state index is 0.238. The minimum atomic E-state index is -0.813. The Bertz CT molecular complexity index is 1190. The Kier molecular flexibility index (Phi) is 6.73. The minimum Gasteiger partial charge on any atom is -0.345 e. The number of likely N-dealkylation sites (tertiary alicyclic amines) is 1. The van der Waals surface area contributed by atoms with Crippen molar-refractivity contribution in [3.8, 4) is 0 Å². The highest BCUT2D eigenvalue weighted by Crippen LogP contribution is 2.19. The lowest BCUT2D eigenvalue weighted by Crippen LogP contribution is -2.49. The van der Waals surface area contributed by atoms with Crippen LogP contribution in [0.2, 0.25) is 0 Å². The maximum absolute atomic E-state index is 12.8. The van der Waals surface area contributed by atoms with Gasteiger partial charge in [-0.05, 0) is 30.5 Å². The van der Waals surface area contributed by atoms with Crippen LogP contribution in [0.3, 0.4) is 0 Å². The lowest BCUT2D eigenvalue weighted by molar-refractivity contribution is -0.144. The van der Waals surface area contributed by atoms with Gasteiger partial charge in [-0.2, -0.15) is 0 Å². The van der Waals surface area contributed by atoms with E-state index in [9.17, 15) is 19.2 Å². The molecule has 1 atom stereocenters. The summed E-state index contributed by atoms with van der Waals surface area (Å²) >= 11 is 0. The molecule has 3 amide bonds. The van der Waals surface area contributed by atoms with Crippen molar-refractivity contribution >= 4 is 34.4 Å². The molecule has 0 saturated carbocycles. The quantitative estimate of drug-likeness (QED) is 0.541. The van der Waals surface area contributed by atoms with Crippen molar-refractivity contribution < 1.29 is 19.2 Å². The van der Waals surface area contributed by atoms with Crippen molar-refractivity contribution in [2.75, 3.05) is 13.1 Å². The van der Waals surface area contributed by atoms with Crippen LogP contribution in [0.15, 0.2) is 66.9 Å². The first-order chi connectivity index (χ1) is 16.0. The van der Waals surface area contributed by atoms with Crippen LogP contribution in [0.5, 0.6) is 0 Å². The summed E-state index contributed by atoms with van der Waals surface area (Å²) in [6.45, 7) is 0.349. The molecule has 168 valence electrons. The van der Waals surface area contributed by atoms with Crippen LogP contribution in [0.4, 0.5) is 0 Å². The lowest BCUT2D eigenvalue weighted by Gasteiger charge is -2.23. The second-order valence-corrected chi connectivity index (χ2v) is 7.84. The average Bonchev–Trinajstić information content (AvgIpc) is 3.35.